The van der Waals surface area contributed by atoms with Gasteiger partial charge in [-0.15, -0.1) is 0 Å². The molecule has 0 radical (unpaired) electrons. The second-order valence-corrected chi connectivity index (χ2v) is 19.3. The summed E-state index contributed by atoms with van der Waals surface area (Å²) in [5, 5.41) is 66.2. The molecule has 0 aliphatic carbocycles. The summed E-state index contributed by atoms with van der Waals surface area (Å²) < 4.78 is 38.5. The first-order valence-electron chi connectivity index (χ1n) is 22.4. The first-order chi connectivity index (χ1) is 27.4. The minimum Gasteiger partial charge on any atom is -0.459 e. The molecule has 7 N–H and O–H groups in total. The molecule has 15 heteroatoms. The van der Waals surface area contributed by atoms with E-state index in [1.807, 2.05) is 46.7 Å². The summed E-state index contributed by atoms with van der Waals surface area (Å²) in [6.45, 7) is 21.2. The van der Waals surface area contributed by atoms with Crippen LogP contribution in [-0.4, -0.2) is 167 Å². The molecule has 0 amide bonds. The predicted molar refractivity (Wildman–Crippen MR) is 226 cm³/mol. The average molecular weight is 848 g/mol. The molecule has 3 heterocycles. The average Bonchev–Trinajstić information content (AvgIpc) is 3.16. The molecule has 0 saturated carbocycles. The monoisotopic (exact) mass is 848 g/mol. The number of likely N-dealkylation sites (N-methyl/N-ethyl adjacent to an activating group) is 1. The zero-order valence-corrected chi connectivity index (χ0v) is 38.9. The van der Waals surface area contributed by atoms with Crippen molar-refractivity contribution >= 4 is 5.97 Å². The summed E-state index contributed by atoms with van der Waals surface area (Å²) in [6, 6.07) is -0.879. The molecule has 0 aromatic rings. The van der Waals surface area contributed by atoms with E-state index >= 15 is 0 Å². The van der Waals surface area contributed by atoms with E-state index in [4.69, 9.17) is 28.4 Å². The third-order valence-corrected chi connectivity index (χ3v) is 13.8. The molecule has 0 spiro atoms. The summed E-state index contributed by atoms with van der Waals surface area (Å²) in [7, 11) is 5.33. The normalized spacial score (nSPS) is 46.1. The Kier molecular flexibility index (Phi) is 19.5. The van der Waals surface area contributed by atoms with Gasteiger partial charge in [0.1, 0.15) is 35.1 Å². The molecule has 3 aliphatic rings. The zero-order chi connectivity index (χ0) is 44.7. The van der Waals surface area contributed by atoms with E-state index in [-0.39, 0.29) is 43.9 Å². The lowest BCUT2D eigenvalue weighted by Crippen LogP contribution is -2.70. The van der Waals surface area contributed by atoms with Crippen molar-refractivity contribution in [3.8, 4) is 0 Å². The number of carbonyl (C=O) groups excluding carboxylic acids is 1. The number of hydrogen-bond acceptors (Lipinski definition) is 15. The van der Waals surface area contributed by atoms with Crippen molar-refractivity contribution in [3.63, 3.8) is 0 Å². The van der Waals surface area contributed by atoms with Crippen LogP contribution in [0.1, 0.15) is 128 Å². The minimum atomic E-state index is -1.82. The van der Waals surface area contributed by atoms with Crippen molar-refractivity contribution in [1.82, 2.24) is 15.5 Å². The molecule has 0 aromatic heterocycles. The van der Waals surface area contributed by atoms with E-state index in [1.54, 1.807) is 41.7 Å². The SMILES string of the molecule is CCCCCCNC[C@@]1(O)[C@H](C)O[C@@H](O[C@H]2[C@H](C)[C@@H](O[C@@H]3O[C@H](C)C[C@H](N(C)C)[C@H]3O)[C@@](C)(O)C[C@@H](C)CN[C@@H](C)[C@@H](O)[C@](C)(O)[C@H](CC)OC(=O)[C@@H]2C)C[C@@]1(C)OC. The Labute approximate surface area is 355 Å². The summed E-state index contributed by atoms with van der Waals surface area (Å²) in [4.78, 5) is 16.3. The molecule has 59 heavy (non-hydrogen) atoms. The van der Waals surface area contributed by atoms with Crippen LogP contribution >= 0.6 is 0 Å². The van der Waals surface area contributed by atoms with Gasteiger partial charge in [0.05, 0.1) is 35.9 Å². The zero-order valence-electron chi connectivity index (χ0n) is 38.9. The van der Waals surface area contributed by atoms with Crippen LogP contribution < -0.4 is 10.6 Å². The van der Waals surface area contributed by atoms with Crippen LogP contribution in [0.2, 0.25) is 0 Å². The van der Waals surface area contributed by atoms with Gasteiger partial charge in [0.15, 0.2) is 12.6 Å². The van der Waals surface area contributed by atoms with Gasteiger partial charge in [-0.3, -0.25) is 4.79 Å². The fourth-order valence-corrected chi connectivity index (χ4v) is 9.71. The van der Waals surface area contributed by atoms with Crippen molar-refractivity contribution in [2.24, 2.45) is 17.8 Å². The second kappa shape index (κ2) is 22.0. The third-order valence-electron chi connectivity index (χ3n) is 13.8. The molecule has 15 nitrogen and oxygen atoms in total. The number of hydrogen-bond donors (Lipinski definition) is 7. The van der Waals surface area contributed by atoms with Crippen LogP contribution in [0.15, 0.2) is 0 Å². The lowest BCUT2D eigenvalue weighted by atomic mass is 9.75. The number of ether oxygens (including phenoxy) is 6. The van der Waals surface area contributed by atoms with Crippen LogP contribution in [0.25, 0.3) is 0 Å². The molecule has 0 aromatic carbocycles. The predicted octanol–water partition coefficient (Wildman–Crippen LogP) is 3.10. The Hall–Kier alpha value is -1.05. The van der Waals surface area contributed by atoms with Crippen LogP contribution in [0.3, 0.4) is 0 Å². The number of esters is 1. The molecule has 3 fully saturated rings. The number of rotatable bonds is 14. The van der Waals surface area contributed by atoms with Gasteiger partial charge >= 0.3 is 5.97 Å². The first-order valence-corrected chi connectivity index (χ1v) is 22.4. The van der Waals surface area contributed by atoms with Gasteiger partial charge in [-0.05, 0) is 107 Å². The van der Waals surface area contributed by atoms with Gasteiger partial charge in [-0.1, -0.05) is 47.0 Å². The Morgan fingerprint density at radius 2 is 1.59 bits per heavy atom. The van der Waals surface area contributed by atoms with E-state index < -0.39 is 95.5 Å². The largest absolute Gasteiger partial charge is 0.459 e. The van der Waals surface area contributed by atoms with Gasteiger partial charge in [0.2, 0.25) is 0 Å². The highest BCUT2D eigenvalue weighted by Crippen LogP contribution is 2.43. The fraction of sp³-hybridized carbons (Fsp3) is 0.977. The van der Waals surface area contributed by atoms with Crippen molar-refractivity contribution in [2.45, 2.75) is 217 Å². The van der Waals surface area contributed by atoms with Crippen LogP contribution in [0, 0.1) is 17.8 Å². The van der Waals surface area contributed by atoms with Crippen LogP contribution in [-0.2, 0) is 33.2 Å². The lowest BCUT2D eigenvalue weighted by Gasteiger charge is -2.53. The Bertz CT molecular complexity index is 1280. The number of unbranched alkanes of at least 4 members (excludes halogenated alkanes) is 3. The highest BCUT2D eigenvalue weighted by molar-refractivity contribution is 5.73. The number of nitrogens with zero attached hydrogens (tertiary/aromatic N) is 1. The number of aliphatic hydroxyl groups excluding tert-OH is 2. The summed E-state index contributed by atoms with van der Waals surface area (Å²) in [5.41, 5.74) is -5.97. The van der Waals surface area contributed by atoms with Gasteiger partial charge in [-0.25, -0.2) is 0 Å². The van der Waals surface area contributed by atoms with Crippen LogP contribution in [0.5, 0.6) is 0 Å². The topological polar surface area (TPSA) is 201 Å². The maximum Gasteiger partial charge on any atom is 0.311 e. The second-order valence-electron chi connectivity index (χ2n) is 19.3. The Morgan fingerprint density at radius 1 is 0.932 bits per heavy atom. The van der Waals surface area contributed by atoms with E-state index in [9.17, 15) is 30.3 Å². The summed E-state index contributed by atoms with van der Waals surface area (Å²) >= 11 is 0. The number of cyclic esters (lactones) is 1. The van der Waals surface area contributed by atoms with Crippen LogP contribution in [0.4, 0.5) is 0 Å². The van der Waals surface area contributed by atoms with Crippen molar-refractivity contribution in [3.05, 3.63) is 0 Å². The van der Waals surface area contributed by atoms with E-state index in [2.05, 4.69) is 17.6 Å². The molecule has 0 unspecified atom stereocenters. The molecule has 0 bridgehead atoms. The lowest BCUT2D eigenvalue weighted by molar-refractivity contribution is -0.336. The fourth-order valence-electron chi connectivity index (χ4n) is 9.71. The third kappa shape index (κ3) is 12.6. The van der Waals surface area contributed by atoms with Gasteiger partial charge < -0.3 is 69.5 Å². The highest BCUT2D eigenvalue weighted by Gasteiger charge is 2.58. The number of nitrogens with one attached hydrogen (secondary N) is 2. The number of carbonyl (C=O) groups is 1. The minimum absolute atomic E-state index is 0.0975. The molecule has 3 rings (SSSR count). The number of methoxy groups -OCH3 is 1. The van der Waals surface area contributed by atoms with Crippen molar-refractivity contribution in [1.29, 1.82) is 0 Å². The first kappa shape index (κ1) is 52.3. The quantitative estimate of drug-likeness (QED) is 0.0993. The molecular formula is C44H85N3O12. The maximum absolute atomic E-state index is 14.4. The number of aliphatic hydroxyl groups is 5. The van der Waals surface area contributed by atoms with E-state index in [0.717, 1.165) is 32.2 Å². The van der Waals surface area contributed by atoms with Gasteiger partial charge in [0, 0.05) is 38.1 Å². The summed E-state index contributed by atoms with van der Waals surface area (Å²) in [6.07, 6.45) is -3.24. The molecule has 18 atom stereocenters. The molecular weight excluding hydrogens is 762 g/mol. The summed E-state index contributed by atoms with van der Waals surface area (Å²) in [5.74, 6) is -2.66. The smallest absolute Gasteiger partial charge is 0.311 e. The Morgan fingerprint density at radius 3 is 2.19 bits per heavy atom. The van der Waals surface area contributed by atoms with Gasteiger partial charge in [0.25, 0.3) is 0 Å². The standard InChI is InChI=1S/C44H85N3O12/c1-15-17-18-19-20-45-25-44(53)31(8)56-34(23-42(44,10)54-14)58-36-28(5)38(59-40-35(48)32(47(12)13)21-27(4)55-40)41(9,51)22-26(3)24-46-30(7)37(49)43(11,52)33(16-2)57-39(50)29(36)6/h26-38,40,45-46,48-49,51-53H,15-25H2,1-14H3/t26-,27-,28+,29-,30+,31+,32+,33+,34+,35-,36+,37-,38-,40+,41+,42-,43-,44-/m1/s1. The van der Waals surface area contributed by atoms with Crippen molar-refractivity contribution < 1.29 is 58.7 Å². The maximum atomic E-state index is 14.4. The van der Waals surface area contributed by atoms with Crippen molar-refractivity contribution in [2.75, 3.05) is 40.8 Å². The molecule has 348 valence electrons. The van der Waals surface area contributed by atoms with E-state index in [0.29, 0.717) is 13.0 Å². The molecule has 3 aliphatic heterocycles. The highest BCUT2D eigenvalue weighted by atomic mass is 16.7. The van der Waals surface area contributed by atoms with Gasteiger partial charge in [-0.2, -0.15) is 0 Å². The Balaban J connectivity index is 2.11. The molecule has 3 saturated heterocycles. The van der Waals surface area contributed by atoms with E-state index in [1.165, 1.54) is 6.92 Å².